The summed E-state index contributed by atoms with van der Waals surface area (Å²) < 4.78 is 0. The normalized spacial score (nSPS) is 12.2. The Bertz CT molecular complexity index is 829. The zero-order chi connectivity index (χ0) is 18.9. The van der Waals surface area contributed by atoms with Crippen molar-refractivity contribution < 1.29 is 0 Å². The van der Waals surface area contributed by atoms with Crippen molar-refractivity contribution in [3.8, 4) is 22.3 Å². The van der Waals surface area contributed by atoms with Gasteiger partial charge in [0.25, 0.3) is 0 Å². The van der Waals surface area contributed by atoms with Crippen LogP contribution in [-0.4, -0.2) is 0 Å². The third-order valence-corrected chi connectivity index (χ3v) is 4.99. The average Bonchev–Trinajstić information content (AvgIpc) is 2.61. The molecule has 3 rings (SSSR count). The molecule has 0 atom stereocenters. The van der Waals surface area contributed by atoms with Crippen LogP contribution in [0.4, 0.5) is 0 Å². The van der Waals surface area contributed by atoms with Crippen LogP contribution in [0.5, 0.6) is 0 Å². The fraction of sp³-hybridized carbons (Fsp3) is 0.308. The smallest absolute Gasteiger partial charge is 0.0132 e. The summed E-state index contributed by atoms with van der Waals surface area (Å²) in [4.78, 5) is 0. The van der Waals surface area contributed by atoms with Gasteiger partial charge >= 0.3 is 0 Å². The molecule has 3 aromatic rings. The number of benzene rings is 3. The Labute approximate surface area is 158 Å². The zero-order valence-corrected chi connectivity index (χ0v) is 16.9. The predicted octanol–water partition coefficient (Wildman–Crippen LogP) is 7.62. The molecule has 0 bridgehead atoms. The van der Waals surface area contributed by atoms with Crippen LogP contribution in [0.1, 0.15) is 52.7 Å². The third-order valence-electron chi connectivity index (χ3n) is 4.99. The van der Waals surface area contributed by atoms with E-state index in [1.807, 2.05) is 0 Å². The minimum Gasteiger partial charge on any atom is -0.0614 e. The van der Waals surface area contributed by atoms with Gasteiger partial charge in [-0.05, 0) is 50.3 Å². The van der Waals surface area contributed by atoms with Crippen LogP contribution in [0.15, 0.2) is 72.8 Å². The molecule has 0 heterocycles. The predicted molar refractivity (Wildman–Crippen MR) is 115 cm³/mol. The second kappa shape index (κ2) is 6.76. The Morgan fingerprint density at radius 2 is 0.731 bits per heavy atom. The van der Waals surface area contributed by atoms with Crippen LogP contribution >= 0.6 is 0 Å². The van der Waals surface area contributed by atoms with Crippen molar-refractivity contribution in [2.24, 2.45) is 0 Å². The lowest BCUT2D eigenvalue weighted by molar-refractivity contribution is 0.590. The van der Waals surface area contributed by atoms with Crippen LogP contribution in [-0.2, 0) is 10.8 Å². The maximum Gasteiger partial charge on any atom is -0.0132 e. The first-order valence-corrected chi connectivity index (χ1v) is 9.46. The quantitative estimate of drug-likeness (QED) is 0.449. The van der Waals surface area contributed by atoms with E-state index in [1.54, 1.807) is 0 Å². The van der Waals surface area contributed by atoms with Gasteiger partial charge in [-0.3, -0.25) is 0 Å². The fourth-order valence-corrected chi connectivity index (χ4v) is 3.21. The molecular weight excluding hydrogens is 312 g/mol. The van der Waals surface area contributed by atoms with Crippen molar-refractivity contribution >= 4 is 0 Å². The van der Waals surface area contributed by atoms with Crippen molar-refractivity contribution in [3.05, 3.63) is 83.9 Å². The highest BCUT2D eigenvalue weighted by Crippen LogP contribution is 2.32. The molecule has 0 heteroatoms. The van der Waals surface area contributed by atoms with E-state index in [0.29, 0.717) is 0 Å². The Kier molecular flexibility index (Phi) is 4.80. The lowest BCUT2D eigenvalue weighted by Gasteiger charge is -2.20. The average molecular weight is 343 g/mol. The minimum absolute atomic E-state index is 0.161. The summed E-state index contributed by atoms with van der Waals surface area (Å²) in [6.45, 7) is 13.6. The second-order valence-corrected chi connectivity index (χ2v) is 9.24. The third kappa shape index (κ3) is 4.07. The summed E-state index contributed by atoms with van der Waals surface area (Å²) in [5, 5.41) is 0. The molecule has 0 amide bonds. The first kappa shape index (κ1) is 18.5. The summed E-state index contributed by atoms with van der Waals surface area (Å²) in [7, 11) is 0. The van der Waals surface area contributed by atoms with Gasteiger partial charge < -0.3 is 0 Å². The largest absolute Gasteiger partial charge is 0.0614 e. The van der Waals surface area contributed by atoms with Crippen LogP contribution < -0.4 is 0 Å². The molecule has 0 aromatic heterocycles. The molecule has 26 heavy (non-hydrogen) atoms. The van der Waals surface area contributed by atoms with E-state index in [1.165, 1.54) is 33.4 Å². The topological polar surface area (TPSA) is 0 Å². The minimum atomic E-state index is 0.161. The summed E-state index contributed by atoms with van der Waals surface area (Å²) in [6.07, 6.45) is 0. The summed E-state index contributed by atoms with van der Waals surface area (Å²) in [5.41, 5.74) is 8.18. The van der Waals surface area contributed by atoms with E-state index in [-0.39, 0.29) is 10.8 Å². The molecule has 0 saturated carbocycles. The maximum absolute atomic E-state index is 2.32. The molecule has 3 aromatic carbocycles. The standard InChI is InChI=1S/C26H30/c1-25(2,3)23-14-8-12-21(17-23)19-10-7-11-20(16-19)22-13-9-15-24(18-22)26(4,5)6/h7-18H,1-6H3. The maximum atomic E-state index is 2.32. The molecule has 0 radical (unpaired) electrons. The summed E-state index contributed by atoms with van der Waals surface area (Å²) >= 11 is 0. The van der Waals surface area contributed by atoms with E-state index in [2.05, 4.69) is 114 Å². The molecule has 0 N–H and O–H groups in total. The lowest BCUT2D eigenvalue weighted by atomic mass is 9.84. The van der Waals surface area contributed by atoms with Crippen molar-refractivity contribution in [1.82, 2.24) is 0 Å². The van der Waals surface area contributed by atoms with E-state index in [9.17, 15) is 0 Å². The molecule has 0 aliphatic heterocycles. The van der Waals surface area contributed by atoms with E-state index in [0.717, 1.165) is 0 Å². The van der Waals surface area contributed by atoms with E-state index < -0.39 is 0 Å². The van der Waals surface area contributed by atoms with Gasteiger partial charge in [-0.1, -0.05) is 108 Å². The lowest BCUT2D eigenvalue weighted by Crippen LogP contribution is -2.10. The first-order chi connectivity index (χ1) is 12.1. The summed E-state index contributed by atoms with van der Waals surface area (Å²) in [6, 6.07) is 26.7. The monoisotopic (exact) mass is 342 g/mol. The summed E-state index contributed by atoms with van der Waals surface area (Å²) in [5.74, 6) is 0. The fourth-order valence-electron chi connectivity index (χ4n) is 3.21. The molecule has 0 nitrogen and oxygen atoms in total. The van der Waals surface area contributed by atoms with Gasteiger partial charge in [0, 0.05) is 0 Å². The van der Waals surface area contributed by atoms with Gasteiger partial charge in [0.1, 0.15) is 0 Å². The van der Waals surface area contributed by atoms with Gasteiger partial charge in [-0.2, -0.15) is 0 Å². The van der Waals surface area contributed by atoms with Gasteiger partial charge in [-0.25, -0.2) is 0 Å². The number of hydrogen-bond acceptors (Lipinski definition) is 0. The van der Waals surface area contributed by atoms with Crippen LogP contribution in [0.3, 0.4) is 0 Å². The SMILES string of the molecule is CC(C)(C)c1cccc(-c2cccc(-c3cccc(C(C)(C)C)c3)c2)c1. The molecule has 0 unspecified atom stereocenters. The van der Waals surface area contributed by atoms with E-state index >= 15 is 0 Å². The van der Waals surface area contributed by atoms with Crippen LogP contribution in [0, 0.1) is 0 Å². The van der Waals surface area contributed by atoms with Gasteiger partial charge in [-0.15, -0.1) is 0 Å². The van der Waals surface area contributed by atoms with Crippen molar-refractivity contribution in [2.75, 3.05) is 0 Å². The van der Waals surface area contributed by atoms with Gasteiger partial charge in [0.05, 0.1) is 0 Å². The molecule has 134 valence electrons. The Hall–Kier alpha value is -2.34. The van der Waals surface area contributed by atoms with E-state index in [4.69, 9.17) is 0 Å². The highest BCUT2D eigenvalue weighted by Gasteiger charge is 2.15. The van der Waals surface area contributed by atoms with Crippen LogP contribution in [0.2, 0.25) is 0 Å². The Morgan fingerprint density at radius 1 is 0.423 bits per heavy atom. The molecule has 0 aliphatic rings. The highest BCUT2D eigenvalue weighted by molar-refractivity contribution is 5.73. The molecular formula is C26H30. The molecule has 0 aliphatic carbocycles. The molecule has 0 spiro atoms. The molecule has 0 fully saturated rings. The second-order valence-electron chi connectivity index (χ2n) is 9.24. The number of hydrogen-bond donors (Lipinski definition) is 0. The zero-order valence-electron chi connectivity index (χ0n) is 16.9. The highest BCUT2D eigenvalue weighted by atomic mass is 14.2. The van der Waals surface area contributed by atoms with Crippen molar-refractivity contribution in [3.63, 3.8) is 0 Å². The van der Waals surface area contributed by atoms with Gasteiger partial charge in [0.15, 0.2) is 0 Å². The Balaban J connectivity index is 2.03. The van der Waals surface area contributed by atoms with Gasteiger partial charge in [0.2, 0.25) is 0 Å². The van der Waals surface area contributed by atoms with Crippen molar-refractivity contribution in [1.29, 1.82) is 0 Å². The first-order valence-electron chi connectivity index (χ1n) is 9.46. The van der Waals surface area contributed by atoms with Crippen LogP contribution in [0.25, 0.3) is 22.3 Å². The van der Waals surface area contributed by atoms with Crippen molar-refractivity contribution in [2.45, 2.75) is 52.4 Å². The Morgan fingerprint density at radius 3 is 1.08 bits per heavy atom. The number of rotatable bonds is 2. The molecule has 0 saturated heterocycles.